The molecule has 2 rings (SSSR count). The standard InChI is InChI=1S/C21H31O7P/c1-6-27-29(24,28-7-2)12-8-9-14(3)10-11-16-19(22)18-17(13-26-21(18)23)15(4)20(16)25-5/h10,22H,6-9,11-13H2,1-5H3/b14-10+. The summed E-state index contributed by atoms with van der Waals surface area (Å²) >= 11 is 0. The Bertz CT molecular complexity index is 819. The highest BCUT2D eigenvalue weighted by Gasteiger charge is 2.31. The summed E-state index contributed by atoms with van der Waals surface area (Å²) in [5.74, 6) is -0.0141. The van der Waals surface area contributed by atoms with Crippen LogP contribution < -0.4 is 4.74 Å². The first-order chi connectivity index (χ1) is 13.8. The predicted octanol–water partition coefficient (Wildman–Crippen LogP) is 4.91. The van der Waals surface area contributed by atoms with Crippen molar-refractivity contribution < 1.29 is 33.0 Å². The van der Waals surface area contributed by atoms with E-state index in [1.165, 1.54) is 0 Å². The van der Waals surface area contributed by atoms with Gasteiger partial charge in [0.25, 0.3) is 0 Å². The highest BCUT2D eigenvalue weighted by atomic mass is 31.2. The second kappa shape index (κ2) is 10.3. The molecule has 1 aliphatic rings. The summed E-state index contributed by atoms with van der Waals surface area (Å²) in [6, 6.07) is 0. The average Bonchev–Trinajstić information content (AvgIpc) is 3.06. The highest BCUT2D eigenvalue weighted by molar-refractivity contribution is 7.53. The molecule has 0 bridgehead atoms. The van der Waals surface area contributed by atoms with Gasteiger partial charge in [-0.25, -0.2) is 4.79 Å². The normalized spacial score (nSPS) is 14.1. The molecular weight excluding hydrogens is 395 g/mol. The number of ether oxygens (including phenoxy) is 2. The molecule has 0 amide bonds. The predicted molar refractivity (Wildman–Crippen MR) is 111 cm³/mol. The van der Waals surface area contributed by atoms with Crippen LogP contribution in [0.2, 0.25) is 0 Å². The van der Waals surface area contributed by atoms with Gasteiger partial charge in [-0.3, -0.25) is 4.57 Å². The number of allylic oxidation sites excluding steroid dienone is 2. The van der Waals surface area contributed by atoms with Crippen molar-refractivity contribution in [2.75, 3.05) is 26.5 Å². The lowest BCUT2D eigenvalue weighted by Gasteiger charge is -2.17. The number of methoxy groups -OCH3 is 1. The van der Waals surface area contributed by atoms with Crippen molar-refractivity contribution in [2.24, 2.45) is 0 Å². The molecule has 0 unspecified atom stereocenters. The van der Waals surface area contributed by atoms with Crippen molar-refractivity contribution in [3.63, 3.8) is 0 Å². The monoisotopic (exact) mass is 426 g/mol. The van der Waals surface area contributed by atoms with Gasteiger partial charge in [-0.2, -0.15) is 0 Å². The minimum Gasteiger partial charge on any atom is -0.507 e. The molecule has 29 heavy (non-hydrogen) atoms. The van der Waals surface area contributed by atoms with Crippen LogP contribution in [0.15, 0.2) is 11.6 Å². The third kappa shape index (κ3) is 5.41. The molecule has 1 heterocycles. The van der Waals surface area contributed by atoms with Gasteiger partial charge in [-0.1, -0.05) is 11.6 Å². The Kier molecular flexibility index (Phi) is 8.32. The number of esters is 1. The molecule has 0 saturated carbocycles. The maximum atomic E-state index is 12.5. The highest BCUT2D eigenvalue weighted by Crippen LogP contribution is 2.49. The van der Waals surface area contributed by atoms with E-state index in [1.54, 1.807) is 21.0 Å². The number of rotatable bonds is 11. The number of hydrogen-bond donors (Lipinski definition) is 1. The first-order valence-electron chi connectivity index (χ1n) is 9.90. The second-order valence-corrected chi connectivity index (χ2v) is 9.13. The Morgan fingerprint density at radius 1 is 1.28 bits per heavy atom. The van der Waals surface area contributed by atoms with Crippen LogP contribution in [0.25, 0.3) is 0 Å². The fraction of sp³-hybridized carbons (Fsp3) is 0.571. The Morgan fingerprint density at radius 3 is 2.52 bits per heavy atom. The minimum atomic E-state index is -3.03. The maximum absolute atomic E-state index is 12.5. The van der Waals surface area contributed by atoms with E-state index in [4.69, 9.17) is 18.5 Å². The Morgan fingerprint density at radius 2 is 1.93 bits per heavy atom. The van der Waals surface area contributed by atoms with E-state index in [0.717, 1.165) is 17.6 Å². The Labute approximate surface area is 172 Å². The largest absolute Gasteiger partial charge is 0.507 e. The van der Waals surface area contributed by atoms with Crippen molar-refractivity contribution in [2.45, 2.75) is 53.6 Å². The number of fused-ring (bicyclic) bond motifs is 1. The molecule has 0 fully saturated rings. The Hall–Kier alpha value is -1.82. The molecule has 0 atom stereocenters. The molecule has 162 valence electrons. The summed E-state index contributed by atoms with van der Waals surface area (Å²) in [5, 5.41) is 10.7. The summed E-state index contributed by atoms with van der Waals surface area (Å²) in [5.41, 5.74) is 3.36. The zero-order valence-electron chi connectivity index (χ0n) is 17.9. The van der Waals surface area contributed by atoms with E-state index < -0.39 is 13.6 Å². The SMILES string of the molecule is CCOP(=O)(CCC/C(C)=C/Cc1c(O)c2c(c(C)c1OC)COC2=O)OCC. The summed E-state index contributed by atoms with van der Waals surface area (Å²) in [4.78, 5) is 12.0. The summed E-state index contributed by atoms with van der Waals surface area (Å²) in [7, 11) is -1.49. The molecule has 1 N–H and O–H groups in total. The molecule has 0 saturated heterocycles. The van der Waals surface area contributed by atoms with Crippen molar-refractivity contribution in [3.8, 4) is 11.5 Å². The van der Waals surface area contributed by atoms with Gasteiger partial charge in [0.1, 0.15) is 23.7 Å². The zero-order chi connectivity index (χ0) is 21.6. The van der Waals surface area contributed by atoms with E-state index in [2.05, 4.69) is 0 Å². The topological polar surface area (TPSA) is 91.3 Å². The van der Waals surface area contributed by atoms with Gasteiger partial charge in [0.2, 0.25) is 0 Å². The van der Waals surface area contributed by atoms with Gasteiger partial charge in [0.05, 0.1) is 26.5 Å². The third-order valence-electron chi connectivity index (χ3n) is 4.96. The third-order valence-corrected chi connectivity index (χ3v) is 7.12. The average molecular weight is 426 g/mol. The van der Waals surface area contributed by atoms with Crippen LogP contribution in [-0.2, 0) is 31.4 Å². The molecule has 0 spiro atoms. The summed E-state index contributed by atoms with van der Waals surface area (Å²) in [6.07, 6.45) is 4.14. The van der Waals surface area contributed by atoms with Crippen LogP contribution >= 0.6 is 7.60 Å². The van der Waals surface area contributed by atoms with Gasteiger partial charge < -0.3 is 23.6 Å². The van der Waals surface area contributed by atoms with Crippen molar-refractivity contribution in [1.29, 1.82) is 0 Å². The molecule has 0 radical (unpaired) electrons. The molecule has 1 aromatic rings. The number of hydrogen-bond acceptors (Lipinski definition) is 7. The van der Waals surface area contributed by atoms with E-state index in [-0.39, 0.29) is 17.9 Å². The molecule has 0 aliphatic carbocycles. The van der Waals surface area contributed by atoms with Crippen LogP contribution in [0.5, 0.6) is 11.5 Å². The van der Waals surface area contributed by atoms with Crippen LogP contribution in [0.4, 0.5) is 0 Å². The van der Waals surface area contributed by atoms with Crippen molar-refractivity contribution in [3.05, 3.63) is 33.9 Å². The molecule has 1 aromatic carbocycles. The molecule has 7 nitrogen and oxygen atoms in total. The number of carbonyl (C=O) groups is 1. The van der Waals surface area contributed by atoms with Gasteiger partial charge >= 0.3 is 13.6 Å². The van der Waals surface area contributed by atoms with Crippen molar-refractivity contribution in [1.82, 2.24) is 0 Å². The lowest BCUT2D eigenvalue weighted by molar-refractivity contribution is 0.0533. The molecule has 1 aliphatic heterocycles. The number of carbonyl (C=O) groups excluding carboxylic acids is 1. The fourth-order valence-electron chi connectivity index (χ4n) is 3.52. The van der Waals surface area contributed by atoms with Gasteiger partial charge in [0, 0.05) is 11.1 Å². The number of phenolic OH excluding ortho intramolecular Hbond substituents is 1. The molecule has 8 heteroatoms. The first kappa shape index (κ1) is 23.5. The van der Waals surface area contributed by atoms with E-state index in [1.807, 2.05) is 19.9 Å². The lowest BCUT2D eigenvalue weighted by Crippen LogP contribution is -2.03. The summed E-state index contributed by atoms with van der Waals surface area (Å²) in [6.45, 7) is 8.29. The van der Waals surface area contributed by atoms with E-state index in [0.29, 0.717) is 49.1 Å². The van der Waals surface area contributed by atoms with Gasteiger partial charge in [-0.15, -0.1) is 0 Å². The summed E-state index contributed by atoms with van der Waals surface area (Å²) < 4.78 is 33.7. The quantitative estimate of drug-likeness (QED) is 0.305. The van der Waals surface area contributed by atoms with Crippen LogP contribution in [0.3, 0.4) is 0 Å². The number of cyclic esters (lactones) is 1. The van der Waals surface area contributed by atoms with Gasteiger partial charge in [0.15, 0.2) is 0 Å². The van der Waals surface area contributed by atoms with Gasteiger partial charge in [-0.05, 0) is 52.5 Å². The number of aromatic hydroxyl groups is 1. The fourth-order valence-corrected chi connectivity index (χ4v) is 5.18. The second-order valence-electron chi connectivity index (χ2n) is 6.94. The van der Waals surface area contributed by atoms with Crippen LogP contribution in [-0.4, -0.2) is 37.6 Å². The maximum Gasteiger partial charge on any atom is 0.342 e. The number of phenols is 1. The minimum absolute atomic E-state index is 0.0776. The smallest absolute Gasteiger partial charge is 0.342 e. The molecule has 0 aromatic heterocycles. The molecular formula is C21H31O7P. The van der Waals surface area contributed by atoms with Crippen molar-refractivity contribution >= 4 is 13.6 Å². The Balaban J connectivity index is 2.11. The first-order valence-corrected chi connectivity index (χ1v) is 11.6. The number of benzene rings is 1. The van der Waals surface area contributed by atoms with Crippen LogP contribution in [0.1, 0.15) is 60.7 Å². The lowest BCUT2D eigenvalue weighted by atomic mass is 9.94. The zero-order valence-corrected chi connectivity index (χ0v) is 18.8. The van der Waals surface area contributed by atoms with Crippen LogP contribution in [0, 0.1) is 6.92 Å². The van der Waals surface area contributed by atoms with E-state index in [9.17, 15) is 14.5 Å². The van der Waals surface area contributed by atoms with E-state index >= 15 is 0 Å².